The minimum Gasteiger partial charge on any atom is -0.495 e. The zero-order valence-electron chi connectivity index (χ0n) is 39.2. The topological polar surface area (TPSA) is 118 Å². The first-order valence-electron chi connectivity index (χ1n) is 22.4. The second kappa shape index (κ2) is 26.7. The van der Waals surface area contributed by atoms with Crippen LogP contribution in [0.4, 0.5) is 11.4 Å². The fourth-order valence-electron chi connectivity index (χ4n) is 9.35. The third kappa shape index (κ3) is 13.4. The number of para-hydroxylation sites is 4. The van der Waals surface area contributed by atoms with Gasteiger partial charge in [-0.05, 0) is 109 Å². The quantitative estimate of drug-likeness (QED) is 0.123. The maximum atomic E-state index is 6.26. The van der Waals surface area contributed by atoms with Crippen molar-refractivity contribution in [3.8, 4) is 34.5 Å². The fourth-order valence-corrected chi connectivity index (χ4v) is 9.35. The number of anilines is 2. The van der Waals surface area contributed by atoms with Gasteiger partial charge in [-0.1, -0.05) is 24.3 Å². The molecule has 360 valence electrons. The van der Waals surface area contributed by atoms with Crippen LogP contribution in [0.2, 0.25) is 0 Å². The van der Waals surface area contributed by atoms with Crippen LogP contribution in [0, 0.1) is 0 Å². The van der Waals surface area contributed by atoms with Gasteiger partial charge < -0.3 is 53.2 Å². The van der Waals surface area contributed by atoms with Crippen molar-refractivity contribution >= 4 is 36.2 Å². The average molecular weight is 944 g/mol. The Hall–Kier alpha value is -4.34. The van der Waals surface area contributed by atoms with Gasteiger partial charge >= 0.3 is 0 Å². The molecule has 4 aliphatic rings. The highest BCUT2D eigenvalue weighted by Gasteiger charge is 2.27. The van der Waals surface area contributed by atoms with Gasteiger partial charge in [0.15, 0.2) is 23.0 Å². The first-order chi connectivity index (χ1) is 30.5. The molecule has 0 spiro atoms. The van der Waals surface area contributed by atoms with Crippen molar-refractivity contribution in [3.63, 3.8) is 0 Å². The lowest BCUT2D eigenvalue weighted by Gasteiger charge is -2.37. The lowest BCUT2D eigenvalue weighted by Crippen LogP contribution is -2.47. The Morgan fingerprint density at radius 3 is 1.15 bits per heavy atom. The van der Waals surface area contributed by atoms with Gasteiger partial charge in [0.25, 0.3) is 0 Å². The Balaban J connectivity index is 0.000000272. The number of aryl methyl sites for hydroxylation is 2. The van der Waals surface area contributed by atoms with Gasteiger partial charge in [0, 0.05) is 78.7 Å². The molecule has 15 heteroatoms. The van der Waals surface area contributed by atoms with E-state index in [-0.39, 0.29) is 42.5 Å². The molecule has 0 saturated carbocycles. The van der Waals surface area contributed by atoms with Crippen LogP contribution in [0.25, 0.3) is 0 Å². The number of piperazine rings is 2. The van der Waals surface area contributed by atoms with Crippen LogP contribution in [0.3, 0.4) is 0 Å². The number of methoxy groups -OCH3 is 6. The van der Waals surface area contributed by atoms with Crippen LogP contribution in [0.1, 0.15) is 60.1 Å². The lowest BCUT2D eigenvalue weighted by atomic mass is 9.97. The number of fused-ring (bicyclic) bond motifs is 2. The van der Waals surface area contributed by atoms with Gasteiger partial charge in [0.1, 0.15) is 11.5 Å². The summed E-state index contributed by atoms with van der Waals surface area (Å²) in [7, 11) is 10.3. The molecule has 13 nitrogen and oxygen atoms in total. The summed E-state index contributed by atoms with van der Waals surface area (Å²) in [5.41, 5.74) is 7.52. The van der Waals surface area contributed by atoms with Crippen molar-refractivity contribution in [1.29, 1.82) is 0 Å². The Labute approximate surface area is 399 Å². The van der Waals surface area contributed by atoms with E-state index in [0.29, 0.717) is 0 Å². The molecule has 0 radical (unpaired) electrons. The number of rotatable bonds is 14. The van der Waals surface area contributed by atoms with Crippen molar-refractivity contribution in [1.82, 2.24) is 9.80 Å². The summed E-state index contributed by atoms with van der Waals surface area (Å²) >= 11 is 0. The van der Waals surface area contributed by atoms with Gasteiger partial charge in [0.2, 0.25) is 0 Å². The second-order valence-electron chi connectivity index (χ2n) is 16.3. The SMILES string of the molecule is COc1cc2c(cc1OC)C(CCN1CCN(c3ccccc3OC)CC1)OCCC2.COc1cc2c(cc1OC)C(CCN1CCN(c3ccccc3OC)CC1)OCCC2.Cl.Cl.O. The Morgan fingerprint density at radius 1 is 0.462 bits per heavy atom. The smallest absolute Gasteiger partial charge is 0.161 e. The van der Waals surface area contributed by atoms with E-state index in [1.165, 1.54) is 33.6 Å². The van der Waals surface area contributed by atoms with Crippen molar-refractivity contribution in [3.05, 3.63) is 95.1 Å². The fraction of sp³-hybridized carbons (Fsp3) is 0.520. The number of hydrogen-bond donors (Lipinski definition) is 0. The lowest BCUT2D eigenvalue weighted by molar-refractivity contribution is 0.0418. The van der Waals surface area contributed by atoms with Gasteiger partial charge in [-0.3, -0.25) is 9.80 Å². The van der Waals surface area contributed by atoms with E-state index >= 15 is 0 Å². The highest BCUT2D eigenvalue weighted by Crippen LogP contribution is 2.40. The number of halogens is 2. The summed E-state index contributed by atoms with van der Waals surface area (Å²) in [5.74, 6) is 5.06. The molecule has 0 bridgehead atoms. The summed E-state index contributed by atoms with van der Waals surface area (Å²) in [6.07, 6.45) is 6.28. The normalized spacial score (nSPS) is 18.6. The summed E-state index contributed by atoms with van der Waals surface area (Å²) in [4.78, 5) is 9.93. The van der Waals surface area contributed by atoms with Crippen molar-refractivity contribution < 1.29 is 43.4 Å². The van der Waals surface area contributed by atoms with Gasteiger partial charge in [-0.15, -0.1) is 24.8 Å². The molecule has 0 amide bonds. The molecule has 0 aliphatic carbocycles. The van der Waals surface area contributed by atoms with Gasteiger partial charge in [0.05, 0.1) is 66.2 Å². The first-order valence-corrected chi connectivity index (χ1v) is 22.4. The van der Waals surface area contributed by atoms with Gasteiger partial charge in [-0.2, -0.15) is 0 Å². The molecule has 8 rings (SSSR count). The number of ether oxygens (including phenoxy) is 8. The predicted octanol–water partition coefficient (Wildman–Crippen LogP) is 7.88. The van der Waals surface area contributed by atoms with E-state index in [9.17, 15) is 0 Å². The third-order valence-electron chi connectivity index (χ3n) is 12.8. The van der Waals surface area contributed by atoms with E-state index in [2.05, 4.69) is 68.1 Å². The molecule has 4 aliphatic heterocycles. The molecule has 2 fully saturated rings. The van der Waals surface area contributed by atoms with Crippen LogP contribution < -0.4 is 38.2 Å². The Kier molecular flexibility index (Phi) is 21.9. The number of nitrogens with zero attached hydrogens (tertiary/aromatic N) is 4. The van der Waals surface area contributed by atoms with Gasteiger partial charge in [-0.25, -0.2) is 0 Å². The minimum absolute atomic E-state index is 0. The van der Waals surface area contributed by atoms with Crippen LogP contribution >= 0.6 is 24.8 Å². The van der Waals surface area contributed by atoms with Crippen molar-refractivity contribution in [2.75, 3.05) is 131 Å². The first kappa shape index (κ1) is 53.3. The molecular weight excluding hydrogens is 871 g/mol. The average Bonchev–Trinajstić information content (AvgIpc) is 3.67. The van der Waals surface area contributed by atoms with Crippen LogP contribution in [-0.4, -0.2) is 137 Å². The predicted molar refractivity (Wildman–Crippen MR) is 264 cm³/mol. The van der Waals surface area contributed by atoms with Crippen LogP contribution in [-0.2, 0) is 22.3 Å². The zero-order chi connectivity index (χ0) is 43.3. The molecule has 0 aromatic heterocycles. The highest BCUT2D eigenvalue weighted by molar-refractivity contribution is 5.85. The standard InChI is InChI=1S/2C25H34N2O4.2ClH.H2O/c2*1-28-23-9-5-4-8-21(23)27-14-12-26(13-15-27)11-10-22-20-18-25(30-3)24(29-2)17-19(20)7-6-16-31-22;;;/h2*4-5,8-9,17-18,22H,6-7,10-16H2,1-3H3;2*1H;1H2. The Morgan fingerprint density at radius 2 is 0.800 bits per heavy atom. The van der Waals surface area contributed by atoms with E-state index in [1.54, 1.807) is 42.7 Å². The summed E-state index contributed by atoms with van der Waals surface area (Å²) < 4.78 is 45.7. The highest BCUT2D eigenvalue weighted by atomic mass is 35.5. The van der Waals surface area contributed by atoms with Crippen LogP contribution in [0.5, 0.6) is 34.5 Å². The molecule has 4 aromatic carbocycles. The third-order valence-corrected chi connectivity index (χ3v) is 12.8. The minimum atomic E-state index is 0. The summed E-state index contributed by atoms with van der Waals surface area (Å²) in [6, 6.07) is 25.0. The molecule has 4 aromatic rings. The van der Waals surface area contributed by atoms with Crippen molar-refractivity contribution in [2.45, 2.75) is 50.7 Å². The molecule has 65 heavy (non-hydrogen) atoms. The van der Waals surface area contributed by atoms with Crippen molar-refractivity contribution in [2.24, 2.45) is 0 Å². The summed E-state index contributed by atoms with van der Waals surface area (Å²) in [5, 5.41) is 0. The maximum absolute atomic E-state index is 6.26. The largest absolute Gasteiger partial charge is 0.495 e. The molecule has 4 heterocycles. The molecule has 2 atom stereocenters. The molecule has 2 unspecified atom stereocenters. The van der Waals surface area contributed by atoms with Crippen LogP contribution in [0.15, 0.2) is 72.8 Å². The van der Waals surface area contributed by atoms with E-state index in [4.69, 9.17) is 37.9 Å². The maximum Gasteiger partial charge on any atom is 0.161 e. The molecular formula is C50H72Cl2N4O9. The Bertz CT molecular complexity index is 1890. The monoisotopic (exact) mass is 942 g/mol. The summed E-state index contributed by atoms with van der Waals surface area (Å²) in [6.45, 7) is 11.9. The zero-order valence-corrected chi connectivity index (χ0v) is 40.8. The number of hydrogen-bond acceptors (Lipinski definition) is 12. The molecule has 2 N–H and O–H groups in total. The van der Waals surface area contributed by atoms with E-state index in [1.807, 2.05) is 24.3 Å². The second-order valence-corrected chi connectivity index (χ2v) is 16.3. The number of benzene rings is 4. The van der Waals surface area contributed by atoms with E-state index < -0.39 is 0 Å². The van der Waals surface area contributed by atoms with E-state index in [0.717, 1.165) is 152 Å². The molecule has 2 saturated heterocycles.